The molecule has 1 N–H and O–H groups in total. The maximum atomic E-state index is 12.0. The highest BCUT2D eigenvalue weighted by atomic mass is 79.9. The van der Waals surface area contributed by atoms with E-state index in [1.807, 2.05) is 0 Å². The summed E-state index contributed by atoms with van der Waals surface area (Å²) in [5.74, 6) is -0.608. The van der Waals surface area contributed by atoms with Gasteiger partial charge in [-0.25, -0.2) is 8.42 Å². The molecule has 0 unspecified atom stereocenters. The van der Waals surface area contributed by atoms with Gasteiger partial charge in [0.2, 0.25) is 15.9 Å². The summed E-state index contributed by atoms with van der Waals surface area (Å²) in [6, 6.07) is 4.95. The maximum absolute atomic E-state index is 12.0. The molecule has 1 aromatic carbocycles. The Morgan fingerprint density at radius 3 is 2.50 bits per heavy atom. The van der Waals surface area contributed by atoms with Gasteiger partial charge >= 0.3 is 0 Å². The first kappa shape index (κ1) is 16.6. The number of benzene rings is 1. The second-order valence-electron chi connectivity index (χ2n) is 4.07. The average Bonchev–Trinajstić information content (AvgIpc) is 2.33. The minimum atomic E-state index is -3.60. The van der Waals surface area contributed by atoms with Crippen LogP contribution in [0.15, 0.2) is 22.7 Å². The number of hydrogen-bond donors (Lipinski definition) is 1. The van der Waals surface area contributed by atoms with Gasteiger partial charge in [0.25, 0.3) is 0 Å². The van der Waals surface area contributed by atoms with Crippen molar-refractivity contribution in [1.29, 1.82) is 0 Å². The molecule has 110 valence electrons. The van der Waals surface area contributed by atoms with Crippen LogP contribution in [0.3, 0.4) is 0 Å². The topological polar surface area (TPSA) is 89.5 Å². The number of ether oxygens (including phenoxy) is 1. The van der Waals surface area contributed by atoms with Crippen molar-refractivity contribution >= 4 is 37.6 Å². The van der Waals surface area contributed by atoms with Gasteiger partial charge in [-0.05, 0) is 18.2 Å². The van der Waals surface area contributed by atoms with Crippen LogP contribution in [0.25, 0.3) is 0 Å². The number of methoxy groups -OCH3 is 1. The van der Waals surface area contributed by atoms with Crippen LogP contribution in [-0.2, 0) is 14.8 Å². The Morgan fingerprint density at radius 1 is 1.30 bits per heavy atom. The van der Waals surface area contributed by atoms with Crippen molar-refractivity contribution in [1.82, 2.24) is 4.72 Å². The molecule has 0 heterocycles. The Morgan fingerprint density at radius 2 is 1.95 bits per heavy atom. The molecular weight excluding hydrogens is 350 g/mol. The van der Waals surface area contributed by atoms with Crippen molar-refractivity contribution in [3.05, 3.63) is 28.2 Å². The van der Waals surface area contributed by atoms with E-state index in [-0.39, 0.29) is 18.6 Å². The van der Waals surface area contributed by atoms with Gasteiger partial charge in [0.05, 0.1) is 18.9 Å². The zero-order valence-corrected chi connectivity index (χ0v) is 13.4. The van der Waals surface area contributed by atoms with Gasteiger partial charge in [0.1, 0.15) is 5.75 Å². The van der Waals surface area contributed by atoms with Crippen LogP contribution >= 0.6 is 15.9 Å². The summed E-state index contributed by atoms with van der Waals surface area (Å²) in [6.07, 6.45) is 0.569. The van der Waals surface area contributed by atoms with Crippen LogP contribution in [0.4, 0.5) is 0 Å². The van der Waals surface area contributed by atoms with Crippen LogP contribution in [0.5, 0.6) is 5.75 Å². The van der Waals surface area contributed by atoms with Crippen molar-refractivity contribution in [2.45, 2.75) is 12.8 Å². The fourth-order valence-corrected chi connectivity index (χ4v) is 2.39. The molecule has 0 aliphatic heterocycles. The lowest BCUT2D eigenvalue weighted by Gasteiger charge is -2.08. The normalized spacial score (nSPS) is 10.9. The molecule has 0 spiro atoms. The third kappa shape index (κ3) is 5.30. The first-order valence-corrected chi connectivity index (χ1v) is 8.28. The van der Waals surface area contributed by atoms with E-state index < -0.39 is 15.9 Å². The number of carbonyl (C=O) groups excluding carboxylic acids is 2. The predicted octanol–water partition coefficient (Wildman–Crippen LogP) is 1.50. The molecule has 1 aromatic rings. The van der Waals surface area contributed by atoms with E-state index in [9.17, 15) is 18.0 Å². The molecule has 0 saturated heterocycles. The molecule has 20 heavy (non-hydrogen) atoms. The molecule has 0 saturated carbocycles. The molecule has 8 heteroatoms. The maximum Gasteiger partial charge on any atom is 0.233 e. The Hall–Kier alpha value is -1.41. The summed E-state index contributed by atoms with van der Waals surface area (Å²) in [5.41, 5.74) is 0.342. The number of Topliss-reactive ketones (excluding diaryl/α,β-unsaturated/α-hetero) is 1. The molecule has 0 atom stereocenters. The molecule has 0 aliphatic rings. The van der Waals surface area contributed by atoms with E-state index in [0.29, 0.717) is 15.8 Å². The lowest BCUT2D eigenvalue weighted by atomic mass is 10.1. The van der Waals surface area contributed by atoms with Gasteiger partial charge < -0.3 is 4.74 Å². The summed E-state index contributed by atoms with van der Waals surface area (Å²) >= 11 is 3.25. The second kappa shape index (κ2) is 6.85. The van der Waals surface area contributed by atoms with Crippen LogP contribution in [0.1, 0.15) is 23.2 Å². The number of ketones is 1. The van der Waals surface area contributed by atoms with E-state index >= 15 is 0 Å². The summed E-state index contributed by atoms with van der Waals surface area (Å²) in [7, 11) is -2.16. The van der Waals surface area contributed by atoms with Crippen LogP contribution in [-0.4, -0.2) is 33.5 Å². The fourth-order valence-electron chi connectivity index (χ4n) is 1.52. The standard InChI is InChI=1S/C12H14BrNO5S/c1-19-11-5-3-8(13)7-9(11)10(15)4-6-12(16)14-20(2,17)18/h3,5,7H,4,6H2,1-2H3,(H,14,16). The number of amides is 1. The van der Waals surface area contributed by atoms with Crippen molar-refractivity contribution < 1.29 is 22.7 Å². The number of hydrogen-bond acceptors (Lipinski definition) is 5. The predicted molar refractivity (Wildman–Crippen MR) is 77.2 cm³/mol. The smallest absolute Gasteiger partial charge is 0.233 e. The Bertz CT molecular complexity index is 627. The quantitative estimate of drug-likeness (QED) is 0.773. The summed E-state index contributed by atoms with van der Waals surface area (Å²) in [4.78, 5) is 23.3. The number of nitrogens with one attached hydrogen (secondary N) is 1. The number of halogens is 1. The summed E-state index contributed by atoms with van der Waals surface area (Å²) in [6.45, 7) is 0. The highest BCUT2D eigenvalue weighted by molar-refractivity contribution is 9.10. The number of rotatable bonds is 6. The Kier molecular flexibility index (Phi) is 5.70. The van der Waals surface area contributed by atoms with E-state index in [2.05, 4.69) is 15.9 Å². The summed E-state index contributed by atoms with van der Waals surface area (Å²) in [5, 5.41) is 0. The third-order valence-electron chi connectivity index (χ3n) is 2.34. The molecule has 1 rings (SSSR count). The van der Waals surface area contributed by atoms with Crippen molar-refractivity contribution in [2.24, 2.45) is 0 Å². The van der Waals surface area contributed by atoms with E-state index in [0.717, 1.165) is 6.26 Å². The average molecular weight is 364 g/mol. The van der Waals surface area contributed by atoms with Gasteiger partial charge in [0, 0.05) is 17.3 Å². The van der Waals surface area contributed by atoms with Crippen LogP contribution in [0, 0.1) is 0 Å². The zero-order valence-electron chi connectivity index (χ0n) is 11.0. The highest BCUT2D eigenvalue weighted by Gasteiger charge is 2.15. The Balaban J connectivity index is 2.73. The first-order valence-electron chi connectivity index (χ1n) is 5.60. The molecular formula is C12H14BrNO5S. The highest BCUT2D eigenvalue weighted by Crippen LogP contribution is 2.24. The minimum absolute atomic E-state index is 0.103. The van der Waals surface area contributed by atoms with Crippen LogP contribution in [0.2, 0.25) is 0 Å². The molecule has 0 fully saturated rings. The van der Waals surface area contributed by atoms with Gasteiger partial charge in [-0.1, -0.05) is 15.9 Å². The van der Waals surface area contributed by atoms with E-state index in [1.165, 1.54) is 7.11 Å². The van der Waals surface area contributed by atoms with E-state index in [1.54, 1.807) is 22.9 Å². The van der Waals surface area contributed by atoms with Crippen molar-refractivity contribution in [3.63, 3.8) is 0 Å². The molecule has 6 nitrogen and oxygen atoms in total. The Labute approximate surface area is 125 Å². The van der Waals surface area contributed by atoms with Gasteiger partial charge in [-0.2, -0.15) is 0 Å². The second-order valence-corrected chi connectivity index (χ2v) is 6.73. The largest absolute Gasteiger partial charge is 0.496 e. The lowest BCUT2D eigenvalue weighted by Crippen LogP contribution is -2.29. The minimum Gasteiger partial charge on any atom is -0.496 e. The molecule has 0 aliphatic carbocycles. The summed E-state index contributed by atoms with van der Waals surface area (Å²) < 4.78 is 29.3. The van der Waals surface area contributed by atoms with Gasteiger partial charge in [-0.3, -0.25) is 14.3 Å². The molecule has 0 bridgehead atoms. The SMILES string of the molecule is COc1ccc(Br)cc1C(=O)CCC(=O)NS(C)(=O)=O. The van der Waals surface area contributed by atoms with Crippen molar-refractivity contribution in [2.75, 3.05) is 13.4 Å². The third-order valence-corrected chi connectivity index (χ3v) is 3.43. The molecule has 0 radical (unpaired) electrons. The monoisotopic (exact) mass is 363 g/mol. The van der Waals surface area contributed by atoms with Gasteiger partial charge in [-0.15, -0.1) is 0 Å². The van der Waals surface area contributed by atoms with Crippen molar-refractivity contribution in [3.8, 4) is 5.75 Å². The zero-order chi connectivity index (χ0) is 15.3. The molecule has 1 amide bonds. The van der Waals surface area contributed by atoms with E-state index in [4.69, 9.17) is 4.74 Å². The lowest BCUT2D eigenvalue weighted by molar-refractivity contribution is -0.119. The van der Waals surface area contributed by atoms with Crippen LogP contribution < -0.4 is 9.46 Å². The molecule has 0 aromatic heterocycles. The fraction of sp³-hybridized carbons (Fsp3) is 0.333. The first-order chi connectivity index (χ1) is 9.23. The van der Waals surface area contributed by atoms with Gasteiger partial charge in [0.15, 0.2) is 5.78 Å². The number of sulfonamides is 1. The number of carbonyl (C=O) groups is 2.